The van der Waals surface area contributed by atoms with Gasteiger partial charge in [0.25, 0.3) is 0 Å². The van der Waals surface area contributed by atoms with Crippen LogP contribution in [0.4, 0.5) is 11.4 Å². The number of furan rings is 1. The number of carbonyl (C=O) groups is 1. The van der Waals surface area contributed by atoms with Crippen LogP contribution in [0.3, 0.4) is 0 Å². The number of benzene rings is 2. The first kappa shape index (κ1) is 28.2. The molecule has 0 saturated carbocycles. The van der Waals surface area contributed by atoms with Gasteiger partial charge < -0.3 is 29.4 Å². The summed E-state index contributed by atoms with van der Waals surface area (Å²) in [7, 11) is 1.58. The maximum Gasteiger partial charge on any atom is 0.229 e. The van der Waals surface area contributed by atoms with Gasteiger partial charge >= 0.3 is 0 Å². The van der Waals surface area contributed by atoms with Gasteiger partial charge in [0.05, 0.1) is 31.1 Å². The highest BCUT2D eigenvalue weighted by molar-refractivity contribution is 7.80. The second kappa shape index (κ2) is 11.6. The van der Waals surface area contributed by atoms with Gasteiger partial charge in [-0.3, -0.25) is 9.78 Å². The van der Waals surface area contributed by atoms with Crippen molar-refractivity contribution < 1.29 is 18.7 Å². The highest BCUT2D eigenvalue weighted by Crippen LogP contribution is 2.44. The van der Waals surface area contributed by atoms with Gasteiger partial charge in [0.1, 0.15) is 29.1 Å². The lowest BCUT2D eigenvalue weighted by Crippen LogP contribution is -2.30. The van der Waals surface area contributed by atoms with Gasteiger partial charge in [0, 0.05) is 28.9 Å². The third-order valence-electron chi connectivity index (χ3n) is 6.86. The lowest BCUT2D eigenvalue weighted by atomic mass is 9.95. The largest absolute Gasteiger partial charge is 0.494 e. The van der Waals surface area contributed by atoms with Gasteiger partial charge in [-0.1, -0.05) is 26.8 Å². The second-order valence-electron chi connectivity index (χ2n) is 10.7. The van der Waals surface area contributed by atoms with E-state index in [1.807, 2.05) is 105 Å². The minimum Gasteiger partial charge on any atom is -0.494 e. The number of anilines is 2. The van der Waals surface area contributed by atoms with Crippen molar-refractivity contribution in [3.8, 4) is 22.8 Å². The molecule has 3 heterocycles. The summed E-state index contributed by atoms with van der Waals surface area (Å²) in [4.78, 5) is 19.3. The quantitative estimate of drug-likeness (QED) is 0.221. The second-order valence-corrected chi connectivity index (χ2v) is 11.1. The van der Waals surface area contributed by atoms with Crippen LogP contribution in [0.15, 0.2) is 83.4 Å². The molecular formula is C32H34N4O4S. The first-order chi connectivity index (χ1) is 19.7. The van der Waals surface area contributed by atoms with Crippen molar-refractivity contribution in [2.45, 2.75) is 39.8 Å². The molecule has 2 atom stereocenters. The van der Waals surface area contributed by atoms with Crippen LogP contribution in [0, 0.1) is 5.41 Å². The van der Waals surface area contributed by atoms with E-state index in [0.29, 0.717) is 23.2 Å². The molecular weight excluding hydrogens is 536 g/mol. The van der Waals surface area contributed by atoms with Crippen LogP contribution in [0.5, 0.6) is 11.5 Å². The first-order valence-electron chi connectivity index (χ1n) is 13.5. The van der Waals surface area contributed by atoms with Crippen LogP contribution in [-0.2, 0) is 4.79 Å². The predicted octanol–water partition coefficient (Wildman–Crippen LogP) is 6.91. The van der Waals surface area contributed by atoms with Gasteiger partial charge in [-0.15, -0.1) is 0 Å². The summed E-state index contributed by atoms with van der Waals surface area (Å²) in [5, 5.41) is 6.95. The average molecular weight is 571 g/mol. The van der Waals surface area contributed by atoms with Gasteiger partial charge in [-0.2, -0.15) is 0 Å². The molecule has 5 rings (SSSR count). The van der Waals surface area contributed by atoms with Gasteiger partial charge in [-0.25, -0.2) is 0 Å². The van der Waals surface area contributed by atoms with Crippen molar-refractivity contribution in [2.24, 2.45) is 5.41 Å². The van der Waals surface area contributed by atoms with Crippen molar-refractivity contribution in [3.63, 3.8) is 0 Å². The monoisotopic (exact) mass is 570 g/mol. The van der Waals surface area contributed by atoms with E-state index >= 15 is 0 Å². The van der Waals surface area contributed by atoms with Crippen molar-refractivity contribution in [2.75, 3.05) is 23.9 Å². The number of nitrogens with one attached hydrogen (secondary N) is 2. The molecule has 1 aliphatic heterocycles. The normalized spacial score (nSPS) is 16.8. The van der Waals surface area contributed by atoms with Crippen molar-refractivity contribution in [3.05, 3.63) is 90.4 Å². The fourth-order valence-electron chi connectivity index (χ4n) is 4.71. The predicted molar refractivity (Wildman–Crippen MR) is 164 cm³/mol. The summed E-state index contributed by atoms with van der Waals surface area (Å²) in [5.41, 5.74) is 2.60. The topological polar surface area (TPSA) is 88.9 Å². The molecule has 0 spiro atoms. The number of aromatic nitrogens is 1. The molecule has 2 N–H and O–H groups in total. The summed E-state index contributed by atoms with van der Waals surface area (Å²) in [6.45, 7) is 8.17. The van der Waals surface area contributed by atoms with Crippen molar-refractivity contribution in [1.29, 1.82) is 0 Å². The molecule has 9 heteroatoms. The molecule has 1 amide bonds. The van der Waals surface area contributed by atoms with Crippen molar-refractivity contribution >= 4 is 34.6 Å². The van der Waals surface area contributed by atoms with Crippen LogP contribution in [-0.4, -0.2) is 29.7 Å². The van der Waals surface area contributed by atoms with E-state index in [0.717, 1.165) is 34.2 Å². The zero-order valence-electron chi connectivity index (χ0n) is 23.8. The molecule has 4 aromatic rings. The Morgan fingerprint density at radius 1 is 1.10 bits per heavy atom. The van der Waals surface area contributed by atoms with Crippen LogP contribution in [0.2, 0.25) is 0 Å². The third kappa shape index (κ3) is 5.90. The van der Waals surface area contributed by atoms with Gasteiger partial charge in [0.15, 0.2) is 5.11 Å². The Labute approximate surface area is 245 Å². The van der Waals surface area contributed by atoms with E-state index in [2.05, 4.69) is 15.6 Å². The first-order valence-corrected chi connectivity index (χ1v) is 13.9. The summed E-state index contributed by atoms with van der Waals surface area (Å²) < 4.78 is 17.7. The molecule has 1 fully saturated rings. The SMILES string of the molecule is CCOc1ccc(-c2ccc(C3C(c4ccccn4)NC(=S)N3c3ccc(NC(=O)C(C)(C)C)c(OC)c3)o2)cc1. The number of hydrogen-bond donors (Lipinski definition) is 2. The molecule has 41 heavy (non-hydrogen) atoms. The zero-order chi connectivity index (χ0) is 29.1. The standard InChI is InChI=1S/C32H34N4O4S/c1-6-39-22-13-10-20(11-14-22)25-16-17-26(40-25)29-28(24-9-7-8-18-33-24)35-31(41)36(29)21-12-15-23(27(19-21)38-5)34-30(37)32(2,3)4/h7-19,28-29H,6H2,1-5H3,(H,34,37)(H,35,41). The fraction of sp³-hybridized carbons (Fsp3) is 0.281. The van der Waals surface area contributed by atoms with Crippen molar-refractivity contribution in [1.82, 2.24) is 10.3 Å². The maximum absolute atomic E-state index is 12.7. The molecule has 2 aromatic carbocycles. The highest BCUT2D eigenvalue weighted by Gasteiger charge is 2.43. The molecule has 2 aromatic heterocycles. The third-order valence-corrected chi connectivity index (χ3v) is 7.17. The van der Waals surface area contributed by atoms with E-state index in [9.17, 15) is 4.79 Å². The van der Waals surface area contributed by atoms with E-state index in [-0.39, 0.29) is 18.0 Å². The molecule has 8 nitrogen and oxygen atoms in total. The summed E-state index contributed by atoms with van der Waals surface area (Å²) in [5.74, 6) is 2.69. The highest BCUT2D eigenvalue weighted by atomic mass is 32.1. The number of rotatable bonds is 8. The van der Waals surface area contributed by atoms with Gasteiger partial charge in [0.2, 0.25) is 5.91 Å². The number of thiocarbonyl (C=S) groups is 1. The average Bonchev–Trinajstić information content (AvgIpc) is 3.58. The number of methoxy groups -OCH3 is 1. The summed E-state index contributed by atoms with van der Waals surface area (Å²) in [6.07, 6.45) is 1.77. The van der Waals surface area contributed by atoms with E-state index in [4.69, 9.17) is 26.1 Å². The minimum atomic E-state index is -0.550. The summed E-state index contributed by atoms with van der Waals surface area (Å²) in [6, 6.07) is 22.6. The molecule has 0 aliphatic carbocycles. The number of amides is 1. The Bertz CT molecular complexity index is 1530. The molecule has 0 bridgehead atoms. The Morgan fingerprint density at radius 2 is 1.88 bits per heavy atom. The lowest BCUT2D eigenvalue weighted by molar-refractivity contribution is -0.123. The Morgan fingerprint density at radius 3 is 2.54 bits per heavy atom. The molecule has 1 saturated heterocycles. The zero-order valence-corrected chi connectivity index (χ0v) is 24.6. The Kier molecular flexibility index (Phi) is 7.99. The molecule has 0 radical (unpaired) electrons. The number of hydrogen-bond acceptors (Lipinski definition) is 6. The number of ether oxygens (including phenoxy) is 2. The van der Waals surface area contributed by atoms with E-state index in [1.54, 1.807) is 13.3 Å². The van der Waals surface area contributed by atoms with Gasteiger partial charge in [-0.05, 0) is 79.8 Å². The molecule has 212 valence electrons. The van der Waals surface area contributed by atoms with E-state index in [1.165, 1.54) is 0 Å². The number of pyridine rings is 1. The fourth-order valence-corrected chi connectivity index (χ4v) is 5.06. The Hall–Kier alpha value is -4.37. The number of nitrogens with zero attached hydrogens (tertiary/aromatic N) is 2. The lowest BCUT2D eigenvalue weighted by Gasteiger charge is -2.27. The summed E-state index contributed by atoms with van der Waals surface area (Å²) >= 11 is 5.87. The minimum absolute atomic E-state index is 0.104. The molecule has 2 unspecified atom stereocenters. The smallest absolute Gasteiger partial charge is 0.229 e. The van der Waals surface area contributed by atoms with Crippen LogP contribution in [0.1, 0.15) is 51.2 Å². The van der Waals surface area contributed by atoms with Crippen LogP contribution >= 0.6 is 12.2 Å². The van der Waals surface area contributed by atoms with E-state index < -0.39 is 5.41 Å². The van der Waals surface area contributed by atoms with Crippen LogP contribution in [0.25, 0.3) is 11.3 Å². The van der Waals surface area contributed by atoms with Crippen LogP contribution < -0.4 is 25.0 Å². The number of carbonyl (C=O) groups excluding carboxylic acids is 1. The maximum atomic E-state index is 12.7. The Balaban J connectivity index is 1.53. The molecule has 1 aliphatic rings.